The van der Waals surface area contributed by atoms with Crippen molar-refractivity contribution in [3.63, 3.8) is 0 Å². The normalized spacial score (nSPS) is 13.9. The number of fused-ring (bicyclic) bond motifs is 6. The number of nitrogens with zero attached hydrogens (tertiary/aromatic N) is 15. The minimum Gasteiger partial charge on any atom is -0.378 e. The van der Waals surface area contributed by atoms with E-state index in [0.29, 0.717) is 100 Å². The Morgan fingerprint density at radius 1 is 0.541 bits per heavy atom. The number of carbonyl (C=O) groups is 1. The number of allylic oxidation sites excluding steroid dienone is 1. The number of amides is 1. The van der Waals surface area contributed by atoms with Crippen LogP contribution >= 0.6 is 7.14 Å². The Morgan fingerprint density at radius 2 is 0.984 bits per heavy atom. The van der Waals surface area contributed by atoms with E-state index in [2.05, 4.69) is 127 Å². The van der Waals surface area contributed by atoms with E-state index in [9.17, 15) is 42.5 Å². The molecule has 1 amide bonds. The lowest BCUT2D eigenvalue weighted by Gasteiger charge is -2.20. The first kappa shape index (κ1) is 86.1. The summed E-state index contributed by atoms with van der Waals surface area (Å²) in [6, 6.07) is 38.1. The molecule has 15 aromatic rings. The average molecular weight is 1680 g/mol. The maximum atomic E-state index is 13.9. The number of aromatic nitrogens is 20. The van der Waals surface area contributed by atoms with Gasteiger partial charge in [0.05, 0.1) is 67.7 Å². The van der Waals surface area contributed by atoms with Crippen LogP contribution in [0.15, 0.2) is 181 Å². The van der Waals surface area contributed by atoms with Crippen LogP contribution in [0.3, 0.4) is 0 Å². The third kappa shape index (κ3) is 19.9. The number of nitrogens with one attached hydrogen (secondary N) is 9. The molecule has 0 spiro atoms. The van der Waals surface area contributed by atoms with Gasteiger partial charge in [-0.05, 0) is 122 Å². The van der Waals surface area contributed by atoms with Crippen molar-refractivity contribution in [2.75, 3.05) is 83.4 Å². The lowest BCUT2D eigenvalue weighted by atomic mass is 9.84. The number of aryl methyl sites for hydroxylation is 3. The van der Waals surface area contributed by atoms with Gasteiger partial charge in [-0.3, -0.25) is 63.5 Å². The van der Waals surface area contributed by atoms with Crippen molar-refractivity contribution >= 4 is 117 Å². The van der Waals surface area contributed by atoms with E-state index in [4.69, 9.17) is 34.4 Å². The number of hydrogen-bond acceptors (Lipinski definition) is 28. The van der Waals surface area contributed by atoms with Crippen LogP contribution in [0, 0.1) is 19.7 Å². The van der Waals surface area contributed by atoms with E-state index >= 15 is 0 Å². The molecule has 2 aliphatic heterocycles. The number of anilines is 9. The van der Waals surface area contributed by atoms with Gasteiger partial charge in [-0.1, -0.05) is 117 Å². The molecule has 0 saturated heterocycles. The molecule has 12 heterocycles. The van der Waals surface area contributed by atoms with Crippen LogP contribution in [-0.4, -0.2) is 144 Å². The summed E-state index contributed by atoms with van der Waals surface area (Å²) < 4.78 is 31.2. The molecule has 0 radical (unpaired) electrons. The number of halogens is 1. The maximum absolute atomic E-state index is 13.9. The fourth-order valence-corrected chi connectivity index (χ4v) is 14.2. The third-order valence-corrected chi connectivity index (χ3v) is 22.6. The van der Waals surface area contributed by atoms with Gasteiger partial charge in [-0.15, -0.1) is 0 Å². The summed E-state index contributed by atoms with van der Waals surface area (Å²) in [5.41, 5.74) is 46.2. The number of H-pyrrole nitrogens is 6. The van der Waals surface area contributed by atoms with Crippen molar-refractivity contribution in [3.05, 3.63) is 282 Å². The summed E-state index contributed by atoms with van der Waals surface area (Å²) in [6.07, 6.45) is 10.3. The van der Waals surface area contributed by atoms with Crippen LogP contribution in [-0.2, 0) is 31.2 Å². The first-order valence-electron chi connectivity index (χ1n) is 38.3. The van der Waals surface area contributed by atoms with Crippen LogP contribution in [0.4, 0.5) is 57.1 Å². The van der Waals surface area contributed by atoms with E-state index in [-0.39, 0.29) is 110 Å². The number of imidazole rings is 3. The van der Waals surface area contributed by atoms with Gasteiger partial charge in [0.25, 0.3) is 39.3 Å². The highest BCUT2D eigenvalue weighted by Crippen LogP contribution is 2.42. The van der Waals surface area contributed by atoms with Crippen molar-refractivity contribution in [3.8, 4) is 0 Å². The van der Waals surface area contributed by atoms with Crippen molar-refractivity contribution in [2.24, 2.45) is 7.05 Å². The number of hydrogen-bond donors (Lipinski definition) is 15. The minimum absolute atomic E-state index is 0.00845. The summed E-state index contributed by atoms with van der Waals surface area (Å²) in [5.74, 6) is -0.0887. The van der Waals surface area contributed by atoms with Gasteiger partial charge >= 0.3 is 0 Å². The monoisotopic (exact) mass is 1670 g/mol. The number of nitrogens with two attached hydrogens (primary N) is 6. The van der Waals surface area contributed by atoms with Crippen molar-refractivity contribution in [1.29, 1.82) is 0 Å². The largest absolute Gasteiger partial charge is 0.378 e. The average Bonchev–Trinajstić information content (AvgIpc) is 1.55. The quantitative estimate of drug-likeness (QED) is 0.0442. The minimum atomic E-state index is -2.41. The summed E-state index contributed by atoms with van der Waals surface area (Å²) in [5, 5.41) is 8.96. The Bertz CT molecular complexity index is 6720. The molecule has 40 heteroatoms. The number of nitrogen functional groups attached to an aromatic ring is 6. The molecule has 17 rings (SSSR count). The SMILES string of the molecule is C/C=C/c1ccccc1Cn1cnc2c(=O)[nH]c(N)nc21.C[C@@H](c1ccccc1F)C1CNc2c1nc(N)[nH]c2=O.C[C@H](NC(=O)c1ccc(N(C)Cc2cnc3nc(N)[nH]c(=O)c3n2)cc1)P(C)(C)=O.Cc1ccccc1Cn1cnc2c(=O)[nH]c(N)nc21.Cc1ccccc1[C@H](C)C1CNc2c1nc(N)[nH]c2=O.Cn1cnc2c(=O)[nH]c(N)nc21. The highest BCUT2D eigenvalue weighted by molar-refractivity contribution is 7.63. The molecule has 38 nitrogen and oxygen atoms in total. The molecule has 2 unspecified atom stereocenters. The second kappa shape index (κ2) is 37.1. The standard InChI is InChI=1S/C19H24N7O3P.C15H15N5O.C15H18N4O.C14H15FN4O.C13H13N5O.C6H7N5O/c1-11(30(3,4)29)22-17(27)12-5-7-14(8-6-12)26(2)10-13-9-21-16-15(23-13)18(28)25-19(20)24-16;1-2-5-10-6-3-4-7-11(10)8-20-9-17-12-13(20)18-15(16)19-14(12)21;1-8-5-3-4-6-10(8)9(2)11-7-17-13-12(11)18-15(16)19-14(13)20;1-7(8-4-2-3-5-10(8)15)9-6-17-12-11(9)18-14(16)19-13(12)20;1-8-4-2-3-5-9(8)6-18-7-15-10-11(18)16-13(14)17-12(10)19;1-11-2-8-3-4(11)9-6(7)10-5(3)12/h5-9,11H,10H2,1-4H3,(H,22,27)(H3,20,21,24,25,28);2-7,9H,8H2,1H3,(H3,16,18,19,21);3-6,9,11,17H,7H2,1-2H3,(H3,16,18,19,20);2-5,7,9,17H,6H2,1H3,(H3,16,18,19,20);2-5,7H,6H2,1H3,(H3,14,16,17,19);2H,1H3,(H3,7,9,10,12)/b;5-2+;;;;/t11-;;9-,11?;7-,9?;;/m1.00../s1. The van der Waals surface area contributed by atoms with Gasteiger partial charge < -0.3 is 73.5 Å². The Morgan fingerprint density at radius 3 is 1.52 bits per heavy atom. The third-order valence-electron chi connectivity index (χ3n) is 20.6. The van der Waals surface area contributed by atoms with Gasteiger partial charge in [-0.25, -0.2) is 39.3 Å². The van der Waals surface area contributed by atoms with Gasteiger partial charge in [0.15, 0.2) is 44.7 Å². The second-order valence-electron chi connectivity index (χ2n) is 29.4. The summed E-state index contributed by atoms with van der Waals surface area (Å²) in [7, 11) is 1.20. The Hall–Kier alpha value is -15.3. The first-order valence-corrected chi connectivity index (χ1v) is 41.0. The van der Waals surface area contributed by atoms with Gasteiger partial charge in [0.1, 0.15) is 24.3 Å². The van der Waals surface area contributed by atoms with Crippen molar-refractivity contribution < 1.29 is 13.8 Å². The summed E-state index contributed by atoms with van der Waals surface area (Å²) in [6.45, 7) is 18.1. The number of carbonyl (C=O) groups excluding carboxylic acids is 1. The van der Waals surface area contributed by atoms with E-state index in [1.165, 1.54) is 29.1 Å². The molecule has 0 fully saturated rings. The molecule has 10 aromatic heterocycles. The second-order valence-corrected chi connectivity index (χ2v) is 33.1. The highest BCUT2D eigenvalue weighted by Gasteiger charge is 2.34. The molecule has 0 bridgehead atoms. The van der Waals surface area contributed by atoms with Crippen LogP contribution < -0.4 is 88.6 Å². The molecule has 21 N–H and O–H groups in total. The Balaban J connectivity index is 0.000000136. The molecule has 0 saturated carbocycles. The number of rotatable bonds is 15. The Kier molecular flexibility index (Phi) is 26.2. The maximum Gasteiger partial charge on any atom is 0.280 e. The topological polar surface area (TPSA) is 583 Å². The zero-order valence-electron chi connectivity index (χ0n) is 68.2. The van der Waals surface area contributed by atoms with E-state index < -0.39 is 18.5 Å². The predicted octanol–water partition coefficient (Wildman–Crippen LogP) is 7.49. The van der Waals surface area contributed by atoms with E-state index in [1.54, 1.807) is 93.2 Å². The Labute approximate surface area is 693 Å². The molecular formula is C82H92FN30O8P. The van der Waals surface area contributed by atoms with Gasteiger partial charge in [0.2, 0.25) is 35.7 Å². The lowest BCUT2D eigenvalue weighted by Crippen LogP contribution is -2.32. The zero-order chi connectivity index (χ0) is 87.5. The molecule has 122 heavy (non-hydrogen) atoms. The lowest BCUT2D eigenvalue weighted by molar-refractivity contribution is 0.0950. The highest BCUT2D eigenvalue weighted by atomic mass is 31.2. The number of benzene rings is 5. The molecule has 630 valence electrons. The predicted molar refractivity (Wildman–Crippen MR) is 472 cm³/mol. The first-order chi connectivity index (χ1) is 58.2. The summed E-state index contributed by atoms with van der Waals surface area (Å²) >= 11 is 0. The molecule has 5 atom stereocenters. The molecule has 5 aromatic carbocycles. The van der Waals surface area contributed by atoms with E-state index in [1.807, 2.05) is 115 Å². The van der Waals surface area contributed by atoms with Crippen molar-refractivity contribution in [2.45, 2.75) is 90.6 Å². The van der Waals surface area contributed by atoms with Crippen LogP contribution in [0.25, 0.3) is 50.7 Å². The molecule has 0 aliphatic carbocycles. The zero-order valence-corrected chi connectivity index (χ0v) is 69.1. The van der Waals surface area contributed by atoms with Crippen LogP contribution in [0.1, 0.15) is 118 Å². The molecular weight excluding hydrogens is 1580 g/mol. The van der Waals surface area contributed by atoms with Crippen molar-refractivity contribution in [1.82, 2.24) is 104 Å². The summed E-state index contributed by atoms with van der Waals surface area (Å²) in [4.78, 5) is 144. The smallest absolute Gasteiger partial charge is 0.280 e. The van der Waals surface area contributed by atoms with Gasteiger partial charge in [0, 0.05) is 50.3 Å². The van der Waals surface area contributed by atoms with Gasteiger partial charge in [-0.2, -0.15) is 19.9 Å². The van der Waals surface area contributed by atoms with Crippen LogP contribution in [0.2, 0.25) is 0 Å². The molecule has 2 aliphatic rings. The van der Waals surface area contributed by atoms with Crippen LogP contribution in [0.5, 0.6) is 0 Å². The van der Waals surface area contributed by atoms with E-state index in [0.717, 1.165) is 28.1 Å². The number of aromatic amines is 6. The fraction of sp³-hybridized carbons (Fsp3) is 0.244. The fourth-order valence-electron chi connectivity index (χ4n) is 13.8.